The van der Waals surface area contributed by atoms with Crippen molar-refractivity contribution in [3.8, 4) is 11.5 Å². The Morgan fingerprint density at radius 2 is 1.94 bits per heavy atom. The largest absolute Gasteiger partial charge is 0.493 e. The van der Waals surface area contributed by atoms with Crippen molar-refractivity contribution in [2.24, 2.45) is 0 Å². The number of hydrogen-bond donors (Lipinski definition) is 1. The van der Waals surface area contributed by atoms with Gasteiger partial charge in [-0.3, -0.25) is 14.5 Å². The third kappa shape index (κ3) is 3.66. The summed E-state index contributed by atoms with van der Waals surface area (Å²) in [7, 11) is 2.86. The van der Waals surface area contributed by atoms with Crippen molar-refractivity contribution in [3.05, 3.63) is 51.5 Å². The number of anilines is 1. The van der Waals surface area contributed by atoms with Gasteiger partial charge in [0.25, 0.3) is 0 Å². The van der Waals surface area contributed by atoms with Crippen LogP contribution in [-0.2, 0) is 14.3 Å². The smallest absolute Gasteiger partial charge is 0.344 e. The van der Waals surface area contributed by atoms with Crippen molar-refractivity contribution in [1.29, 1.82) is 0 Å². The first-order valence-corrected chi connectivity index (χ1v) is 10.1. The van der Waals surface area contributed by atoms with Gasteiger partial charge in [0, 0.05) is 17.0 Å². The fraction of sp³-hybridized carbons (Fsp3) is 0.286. The van der Waals surface area contributed by atoms with E-state index in [2.05, 4.69) is 5.32 Å². The summed E-state index contributed by atoms with van der Waals surface area (Å²) in [4.78, 5) is 39.6. The molecule has 2 atom stereocenters. The number of rotatable bonds is 5. The predicted octanol–water partition coefficient (Wildman–Crippen LogP) is 3.81. The molecule has 0 aliphatic carbocycles. The van der Waals surface area contributed by atoms with E-state index in [1.165, 1.54) is 25.2 Å². The number of nitrogens with zero attached hydrogens (tertiary/aromatic N) is 1. The van der Waals surface area contributed by atoms with E-state index in [-0.39, 0.29) is 35.1 Å². The Kier molecular flexibility index (Phi) is 5.68. The lowest BCUT2D eigenvalue weighted by atomic mass is 10.1. The molecule has 4 rings (SSSR count). The Hall–Kier alpha value is -2.97. The van der Waals surface area contributed by atoms with Gasteiger partial charge in [0.05, 0.1) is 24.9 Å². The maximum atomic E-state index is 13.0. The summed E-state index contributed by atoms with van der Waals surface area (Å²) < 4.78 is 16.1. The molecule has 2 aromatic rings. The molecule has 2 amide bonds. The van der Waals surface area contributed by atoms with Gasteiger partial charge in [-0.2, -0.15) is 0 Å². The van der Waals surface area contributed by atoms with Crippen molar-refractivity contribution in [3.63, 3.8) is 0 Å². The number of esters is 1. The van der Waals surface area contributed by atoms with Crippen LogP contribution in [0.15, 0.2) is 30.3 Å². The van der Waals surface area contributed by atoms with Gasteiger partial charge in [0.15, 0.2) is 11.5 Å². The van der Waals surface area contributed by atoms with Crippen LogP contribution in [0.5, 0.6) is 11.5 Å². The molecule has 0 spiro atoms. The van der Waals surface area contributed by atoms with Gasteiger partial charge < -0.3 is 19.5 Å². The van der Waals surface area contributed by atoms with Crippen molar-refractivity contribution < 1.29 is 28.6 Å². The van der Waals surface area contributed by atoms with E-state index in [1.807, 2.05) is 0 Å². The van der Waals surface area contributed by atoms with E-state index in [4.69, 9.17) is 37.4 Å². The number of benzene rings is 2. The van der Waals surface area contributed by atoms with Crippen molar-refractivity contribution >= 4 is 46.7 Å². The Morgan fingerprint density at radius 1 is 1.16 bits per heavy atom. The molecule has 1 N–H and O–H groups in total. The molecule has 2 heterocycles. The normalized spacial score (nSPS) is 19.8. The van der Waals surface area contributed by atoms with Gasteiger partial charge >= 0.3 is 5.97 Å². The number of ether oxygens (including phenoxy) is 3. The molecule has 1 saturated heterocycles. The summed E-state index contributed by atoms with van der Waals surface area (Å²) in [5.74, 6) is -0.829. The summed E-state index contributed by atoms with van der Waals surface area (Å²) >= 11 is 12.0. The van der Waals surface area contributed by atoms with Crippen molar-refractivity contribution in [2.45, 2.75) is 25.1 Å². The standard InChI is InChI=1S/C21H18Cl2N2O6/c1-29-15-7-4-11-17(18(15)30-2)21(28)31-20(11)25-14(6-8-16(25)26)19(27)24-13-5-3-10(22)9-12(13)23/h3-5,7,9,14,20H,6,8H2,1-2H3,(H,24,27)/t14-,20-/m1/s1. The lowest BCUT2D eigenvalue weighted by Gasteiger charge is -2.29. The van der Waals surface area contributed by atoms with Crippen molar-refractivity contribution in [1.82, 2.24) is 4.90 Å². The van der Waals surface area contributed by atoms with Crippen LogP contribution in [0.1, 0.15) is 35.0 Å². The van der Waals surface area contributed by atoms with Crippen LogP contribution in [0.25, 0.3) is 0 Å². The molecule has 0 bridgehead atoms. The summed E-state index contributed by atoms with van der Waals surface area (Å²) in [6.45, 7) is 0. The van der Waals surface area contributed by atoms with E-state index >= 15 is 0 Å². The SMILES string of the molecule is COc1ccc2c(c1OC)C(=O)O[C@H]2N1C(=O)CC[C@@H]1C(=O)Nc1ccc(Cl)cc1Cl. The van der Waals surface area contributed by atoms with Crippen LogP contribution >= 0.6 is 23.2 Å². The highest BCUT2D eigenvalue weighted by Gasteiger charge is 2.47. The summed E-state index contributed by atoms with van der Waals surface area (Å²) in [6, 6.07) is 7.07. The fourth-order valence-electron chi connectivity index (χ4n) is 3.85. The third-order valence-corrected chi connectivity index (χ3v) is 5.81. The number of likely N-dealkylation sites (tertiary alicyclic amines) is 1. The highest BCUT2D eigenvalue weighted by molar-refractivity contribution is 6.36. The third-order valence-electron chi connectivity index (χ3n) is 5.27. The number of hydrogen-bond acceptors (Lipinski definition) is 6. The van der Waals surface area contributed by atoms with E-state index < -0.39 is 24.1 Å². The quantitative estimate of drug-likeness (QED) is 0.676. The second-order valence-electron chi connectivity index (χ2n) is 6.99. The molecule has 1 fully saturated rings. The van der Waals surface area contributed by atoms with Crippen LogP contribution in [0, 0.1) is 0 Å². The molecular weight excluding hydrogens is 447 g/mol. The molecular formula is C21H18Cl2N2O6. The maximum absolute atomic E-state index is 13.0. The van der Waals surface area contributed by atoms with Crippen molar-refractivity contribution in [2.75, 3.05) is 19.5 Å². The minimum absolute atomic E-state index is 0.142. The summed E-state index contributed by atoms with van der Waals surface area (Å²) in [5, 5.41) is 3.42. The number of carbonyl (C=O) groups is 3. The first-order valence-electron chi connectivity index (χ1n) is 9.38. The minimum atomic E-state index is -1.05. The van der Waals surface area contributed by atoms with Gasteiger partial charge in [0.2, 0.25) is 18.0 Å². The highest BCUT2D eigenvalue weighted by Crippen LogP contribution is 2.45. The topological polar surface area (TPSA) is 94.2 Å². The zero-order chi connectivity index (χ0) is 22.3. The number of carbonyl (C=O) groups excluding carboxylic acids is 3. The second kappa shape index (κ2) is 8.28. The van der Waals surface area contributed by atoms with Gasteiger partial charge in [0.1, 0.15) is 11.6 Å². The maximum Gasteiger partial charge on any atom is 0.344 e. The average molecular weight is 465 g/mol. The number of cyclic esters (lactones) is 1. The van der Waals surface area contributed by atoms with Crippen LogP contribution in [0.3, 0.4) is 0 Å². The first kappa shape index (κ1) is 21.3. The molecule has 2 aliphatic heterocycles. The molecule has 0 radical (unpaired) electrons. The Balaban J connectivity index is 1.65. The Labute approximate surface area is 188 Å². The van der Waals surface area contributed by atoms with Crippen LogP contribution in [-0.4, -0.2) is 42.9 Å². The minimum Gasteiger partial charge on any atom is -0.493 e. The summed E-state index contributed by atoms with van der Waals surface area (Å²) in [5.41, 5.74) is 0.970. The monoisotopic (exact) mass is 464 g/mol. The number of halogens is 2. The predicted molar refractivity (Wildman–Crippen MR) is 113 cm³/mol. The molecule has 0 unspecified atom stereocenters. The van der Waals surface area contributed by atoms with Crippen LogP contribution < -0.4 is 14.8 Å². The number of methoxy groups -OCH3 is 2. The Morgan fingerprint density at radius 3 is 2.61 bits per heavy atom. The summed E-state index contributed by atoms with van der Waals surface area (Å²) in [6.07, 6.45) is -0.635. The van der Waals surface area contributed by atoms with Crippen LogP contribution in [0.2, 0.25) is 10.0 Å². The van der Waals surface area contributed by atoms with Gasteiger partial charge in [-0.05, 0) is 36.8 Å². The second-order valence-corrected chi connectivity index (χ2v) is 7.84. The van der Waals surface area contributed by atoms with Gasteiger partial charge in [-0.25, -0.2) is 4.79 Å². The lowest BCUT2D eigenvalue weighted by Crippen LogP contribution is -2.43. The number of nitrogens with one attached hydrogen (secondary N) is 1. The molecule has 2 aliphatic rings. The molecule has 162 valence electrons. The molecule has 8 nitrogen and oxygen atoms in total. The van der Waals surface area contributed by atoms with E-state index in [9.17, 15) is 14.4 Å². The lowest BCUT2D eigenvalue weighted by molar-refractivity contribution is -0.144. The average Bonchev–Trinajstić information content (AvgIpc) is 3.29. The zero-order valence-electron chi connectivity index (χ0n) is 16.6. The molecule has 31 heavy (non-hydrogen) atoms. The molecule has 0 aromatic heterocycles. The number of amides is 2. The molecule has 10 heteroatoms. The zero-order valence-corrected chi connectivity index (χ0v) is 18.1. The van der Waals surface area contributed by atoms with E-state index in [0.717, 1.165) is 0 Å². The van der Waals surface area contributed by atoms with Crippen LogP contribution in [0.4, 0.5) is 5.69 Å². The van der Waals surface area contributed by atoms with Gasteiger partial charge in [-0.15, -0.1) is 0 Å². The van der Waals surface area contributed by atoms with E-state index in [1.54, 1.807) is 24.3 Å². The highest BCUT2D eigenvalue weighted by atomic mass is 35.5. The van der Waals surface area contributed by atoms with Gasteiger partial charge in [-0.1, -0.05) is 23.2 Å². The van der Waals surface area contributed by atoms with E-state index in [0.29, 0.717) is 22.0 Å². The fourth-order valence-corrected chi connectivity index (χ4v) is 4.31. The first-order chi connectivity index (χ1) is 14.8. The Bertz CT molecular complexity index is 1090. The number of fused-ring (bicyclic) bond motifs is 1. The molecule has 2 aromatic carbocycles. The molecule has 0 saturated carbocycles.